The molecule has 26 heavy (non-hydrogen) atoms. The number of carbonyl (C=O) groups excluding carboxylic acids is 1. The predicted molar refractivity (Wildman–Crippen MR) is 103 cm³/mol. The SMILES string of the molecule is CC(C)c1cccc(NC(=O)CN(c2cccc(C#N)c2)S(C)(=O)=O)c1. The summed E-state index contributed by atoms with van der Waals surface area (Å²) in [5.41, 5.74) is 2.28. The first-order valence-electron chi connectivity index (χ1n) is 8.08. The van der Waals surface area contributed by atoms with Crippen LogP contribution in [-0.4, -0.2) is 27.1 Å². The molecule has 0 radical (unpaired) electrons. The number of nitrogens with zero attached hydrogens (tertiary/aromatic N) is 2. The van der Waals surface area contributed by atoms with Crippen molar-refractivity contribution < 1.29 is 13.2 Å². The number of nitriles is 1. The van der Waals surface area contributed by atoms with Crippen molar-refractivity contribution >= 4 is 27.3 Å². The molecule has 2 aromatic carbocycles. The van der Waals surface area contributed by atoms with E-state index in [0.29, 0.717) is 17.2 Å². The quantitative estimate of drug-likeness (QED) is 0.845. The fraction of sp³-hybridized carbons (Fsp3) is 0.263. The van der Waals surface area contributed by atoms with Crippen molar-refractivity contribution in [1.82, 2.24) is 0 Å². The first-order chi connectivity index (χ1) is 12.2. The summed E-state index contributed by atoms with van der Waals surface area (Å²) >= 11 is 0. The van der Waals surface area contributed by atoms with Gasteiger partial charge in [-0.25, -0.2) is 8.42 Å². The van der Waals surface area contributed by atoms with Crippen LogP contribution in [0.2, 0.25) is 0 Å². The Morgan fingerprint density at radius 2 is 1.88 bits per heavy atom. The van der Waals surface area contributed by atoms with E-state index in [2.05, 4.69) is 19.2 Å². The van der Waals surface area contributed by atoms with Crippen molar-refractivity contribution in [2.75, 3.05) is 22.4 Å². The molecule has 136 valence electrons. The highest BCUT2D eigenvalue weighted by atomic mass is 32.2. The summed E-state index contributed by atoms with van der Waals surface area (Å²) in [7, 11) is -3.69. The zero-order valence-corrected chi connectivity index (χ0v) is 15.7. The summed E-state index contributed by atoms with van der Waals surface area (Å²) in [4.78, 5) is 12.4. The molecule has 0 fully saturated rings. The molecule has 6 nitrogen and oxygen atoms in total. The van der Waals surface area contributed by atoms with Gasteiger partial charge in [0.05, 0.1) is 23.6 Å². The Hall–Kier alpha value is -2.85. The first-order valence-corrected chi connectivity index (χ1v) is 9.93. The Bertz CT molecular complexity index is 946. The Kier molecular flexibility index (Phi) is 6.01. The van der Waals surface area contributed by atoms with Gasteiger partial charge in [-0.2, -0.15) is 5.26 Å². The second-order valence-corrected chi connectivity index (χ2v) is 8.17. The van der Waals surface area contributed by atoms with Crippen LogP contribution in [0.4, 0.5) is 11.4 Å². The van der Waals surface area contributed by atoms with Crippen LogP contribution in [0.3, 0.4) is 0 Å². The Morgan fingerprint density at radius 1 is 1.19 bits per heavy atom. The number of nitrogens with one attached hydrogen (secondary N) is 1. The van der Waals surface area contributed by atoms with Crippen molar-refractivity contribution in [2.45, 2.75) is 19.8 Å². The van der Waals surface area contributed by atoms with E-state index in [4.69, 9.17) is 5.26 Å². The lowest BCUT2D eigenvalue weighted by Crippen LogP contribution is -2.37. The second kappa shape index (κ2) is 8.02. The molecule has 0 aromatic heterocycles. The Labute approximate surface area is 154 Å². The van der Waals surface area contributed by atoms with Crippen LogP contribution in [-0.2, 0) is 14.8 Å². The van der Waals surface area contributed by atoms with Crippen molar-refractivity contribution in [3.63, 3.8) is 0 Å². The van der Waals surface area contributed by atoms with Crippen LogP contribution in [0.15, 0.2) is 48.5 Å². The third-order valence-electron chi connectivity index (χ3n) is 3.79. The molecule has 2 rings (SSSR count). The van der Waals surface area contributed by atoms with Gasteiger partial charge in [0.15, 0.2) is 0 Å². The summed E-state index contributed by atoms with van der Waals surface area (Å²) in [6.45, 7) is 3.72. The first kappa shape index (κ1) is 19.5. The van der Waals surface area contributed by atoms with Gasteiger partial charge in [0.1, 0.15) is 6.54 Å². The van der Waals surface area contributed by atoms with Crippen molar-refractivity contribution in [2.24, 2.45) is 0 Å². The van der Waals surface area contributed by atoms with E-state index in [9.17, 15) is 13.2 Å². The summed E-state index contributed by atoms with van der Waals surface area (Å²) in [6.07, 6.45) is 1.03. The smallest absolute Gasteiger partial charge is 0.245 e. The van der Waals surface area contributed by atoms with Gasteiger partial charge in [-0.15, -0.1) is 0 Å². The minimum absolute atomic E-state index is 0.276. The number of benzene rings is 2. The molecule has 0 atom stereocenters. The van der Waals surface area contributed by atoms with Gasteiger partial charge in [-0.3, -0.25) is 9.10 Å². The summed E-state index contributed by atoms with van der Waals surface area (Å²) < 4.78 is 25.2. The normalized spacial score (nSPS) is 11.0. The molecule has 0 saturated heterocycles. The van der Waals surface area contributed by atoms with Crippen molar-refractivity contribution in [3.05, 3.63) is 59.7 Å². The van der Waals surface area contributed by atoms with E-state index in [1.54, 1.807) is 24.3 Å². The highest BCUT2D eigenvalue weighted by molar-refractivity contribution is 7.92. The molecule has 0 aliphatic carbocycles. The standard InChI is InChI=1S/C19H21N3O3S/c1-14(2)16-7-5-8-17(11-16)21-19(23)13-22(26(3,24)25)18-9-4-6-15(10-18)12-20/h4-11,14H,13H2,1-3H3,(H,21,23). The van der Waals surface area contributed by atoms with Crippen LogP contribution in [0.5, 0.6) is 0 Å². The number of sulfonamides is 1. The maximum atomic E-state index is 12.4. The van der Waals surface area contributed by atoms with Crippen LogP contribution >= 0.6 is 0 Å². The van der Waals surface area contributed by atoms with E-state index in [1.807, 2.05) is 24.3 Å². The van der Waals surface area contributed by atoms with Gasteiger partial charge >= 0.3 is 0 Å². The van der Waals surface area contributed by atoms with Gasteiger partial charge in [0.25, 0.3) is 0 Å². The molecule has 1 amide bonds. The van der Waals surface area contributed by atoms with E-state index < -0.39 is 15.9 Å². The number of hydrogen-bond acceptors (Lipinski definition) is 4. The number of amides is 1. The van der Waals surface area contributed by atoms with Gasteiger partial charge in [0.2, 0.25) is 15.9 Å². The molecule has 0 unspecified atom stereocenters. The van der Waals surface area contributed by atoms with Gasteiger partial charge < -0.3 is 5.32 Å². The average molecular weight is 371 g/mol. The van der Waals surface area contributed by atoms with Crippen LogP contribution in [0.25, 0.3) is 0 Å². The zero-order chi connectivity index (χ0) is 19.3. The number of carbonyl (C=O) groups is 1. The lowest BCUT2D eigenvalue weighted by atomic mass is 10.0. The van der Waals surface area contributed by atoms with Gasteiger partial charge in [-0.1, -0.05) is 32.0 Å². The van der Waals surface area contributed by atoms with Crippen LogP contribution < -0.4 is 9.62 Å². The third kappa shape index (κ3) is 5.07. The molecule has 0 spiro atoms. The maximum absolute atomic E-state index is 12.4. The minimum Gasteiger partial charge on any atom is -0.325 e. The second-order valence-electron chi connectivity index (χ2n) is 6.26. The molecule has 0 heterocycles. The molecule has 1 N–H and O–H groups in total. The topological polar surface area (TPSA) is 90.3 Å². The summed E-state index contributed by atoms with van der Waals surface area (Å²) in [5.74, 6) is -0.146. The van der Waals surface area contributed by atoms with Crippen LogP contribution in [0.1, 0.15) is 30.9 Å². The monoisotopic (exact) mass is 371 g/mol. The third-order valence-corrected chi connectivity index (χ3v) is 4.93. The fourth-order valence-electron chi connectivity index (χ4n) is 2.44. The van der Waals surface area contributed by atoms with E-state index >= 15 is 0 Å². The number of rotatable bonds is 6. The van der Waals surface area contributed by atoms with Gasteiger partial charge in [-0.05, 0) is 41.8 Å². The van der Waals surface area contributed by atoms with E-state index in [1.165, 1.54) is 6.07 Å². The molecular weight excluding hydrogens is 350 g/mol. The molecule has 0 bridgehead atoms. The highest BCUT2D eigenvalue weighted by Gasteiger charge is 2.21. The predicted octanol–water partition coefficient (Wildman–Crippen LogP) is 3.09. The van der Waals surface area contributed by atoms with Crippen molar-refractivity contribution in [3.8, 4) is 6.07 Å². The molecule has 0 saturated carbocycles. The molecule has 0 aliphatic rings. The van der Waals surface area contributed by atoms with Crippen LogP contribution in [0, 0.1) is 11.3 Å². The highest BCUT2D eigenvalue weighted by Crippen LogP contribution is 2.21. The molecule has 0 aliphatic heterocycles. The Morgan fingerprint density at radius 3 is 2.50 bits per heavy atom. The minimum atomic E-state index is -3.69. The Balaban J connectivity index is 2.22. The molecule has 2 aromatic rings. The van der Waals surface area contributed by atoms with E-state index in [-0.39, 0.29) is 12.2 Å². The average Bonchev–Trinajstić information content (AvgIpc) is 2.59. The number of hydrogen-bond donors (Lipinski definition) is 1. The summed E-state index contributed by atoms with van der Waals surface area (Å²) in [6, 6.07) is 15.5. The fourth-order valence-corrected chi connectivity index (χ4v) is 3.29. The lowest BCUT2D eigenvalue weighted by Gasteiger charge is -2.22. The van der Waals surface area contributed by atoms with E-state index in [0.717, 1.165) is 16.1 Å². The molecule has 7 heteroatoms. The number of anilines is 2. The van der Waals surface area contributed by atoms with Crippen molar-refractivity contribution in [1.29, 1.82) is 5.26 Å². The lowest BCUT2D eigenvalue weighted by molar-refractivity contribution is -0.114. The van der Waals surface area contributed by atoms with Gasteiger partial charge in [0, 0.05) is 5.69 Å². The molecular formula is C19H21N3O3S. The largest absolute Gasteiger partial charge is 0.325 e. The summed E-state index contributed by atoms with van der Waals surface area (Å²) in [5, 5.41) is 11.7. The zero-order valence-electron chi connectivity index (χ0n) is 14.9. The maximum Gasteiger partial charge on any atom is 0.245 e.